The number of oxime groups is 1. The van der Waals surface area contributed by atoms with Gasteiger partial charge in [0.1, 0.15) is 5.41 Å². The van der Waals surface area contributed by atoms with Gasteiger partial charge in [0, 0.05) is 13.0 Å². The molecule has 1 heterocycles. The van der Waals surface area contributed by atoms with Crippen LogP contribution in [-0.4, -0.2) is 32.2 Å². The van der Waals surface area contributed by atoms with Crippen LogP contribution in [0, 0.1) is 5.41 Å². The number of hydrogen-bond acceptors (Lipinski definition) is 5. The molecule has 14 heavy (non-hydrogen) atoms. The quantitative estimate of drug-likeness (QED) is 0.637. The van der Waals surface area contributed by atoms with E-state index in [1.54, 1.807) is 6.92 Å². The van der Waals surface area contributed by atoms with Crippen molar-refractivity contribution in [3.05, 3.63) is 0 Å². The first-order chi connectivity index (χ1) is 6.62. The number of carbonyl (C=O) groups is 1. The minimum atomic E-state index is -0.743. The van der Waals surface area contributed by atoms with Crippen molar-refractivity contribution in [2.24, 2.45) is 10.6 Å². The van der Waals surface area contributed by atoms with E-state index in [1.165, 1.54) is 13.3 Å². The van der Waals surface area contributed by atoms with Gasteiger partial charge in [0.15, 0.2) is 0 Å². The summed E-state index contributed by atoms with van der Waals surface area (Å²) in [6, 6.07) is 0. The van der Waals surface area contributed by atoms with Gasteiger partial charge in [-0.05, 0) is 13.8 Å². The summed E-state index contributed by atoms with van der Waals surface area (Å²) in [6.45, 7) is 4.13. The lowest BCUT2D eigenvalue weighted by Crippen LogP contribution is -2.39. The van der Waals surface area contributed by atoms with E-state index in [9.17, 15) is 4.79 Å². The van der Waals surface area contributed by atoms with Crippen molar-refractivity contribution in [2.75, 3.05) is 13.7 Å². The Morgan fingerprint density at radius 2 is 2.50 bits per heavy atom. The predicted octanol–water partition coefficient (Wildman–Crippen LogP) is 0.934. The van der Waals surface area contributed by atoms with Crippen LogP contribution in [0.4, 0.5) is 0 Å². The Hall–Kier alpha value is -1.10. The van der Waals surface area contributed by atoms with Gasteiger partial charge in [0.05, 0.1) is 13.3 Å². The molecule has 0 N–H and O–H groups in total. The maximum Gasteiger partial charge on any atom is 0.317 e. The highest BCUT2D eigenvalue weighted by Crippen LogP contribution is 2.28. The fourth-order valence-electron chi connectivity index (χ4n) is 1.30. The molecule has 0 radical (unpaired) electrons. The highest BCUT2D eigenvalue weighted by molar-refractivity contribution is 5.94. The molecule has 0 amide bonds. The zero-order valence-corrected chi connectivity index (χ0v) is 8.65. The maximum atomic E-state index is 11.4. The summed E-state index contributed by atoms with van der Waals surface area (Å²) >= 11 is 0. The average molecular weight is 201 g/mol. The molecule has 2 atom stereocenters. The number of nitrogens with zero attached hydrogens (tertiary/aromatic N) is 1. The molecule has 5 nitrogen and oxygen atoms in total. The van der Waals surface area contributed by atoms with Crippen LogP contribution in [0.15, 0.2) is 5.16 Å². The minimum Gasteiger partial charge on any atom is -0.468 e. The molecule has 0 fully saturated rings. The fourth-order valence-corrected chi connectivity index (χ4v) is 1.30. The average Bonchev–Trinajstić information content (AvgIpc) is 2.17. The van der Waals surface area contributed by atoms with E-state index in [2.05, 4.69) is 9.89 Å². The molecular weight excluding hydrogens is 186 g/mol. The Kier molecular flexibility index (Phi) is 3.46. The van der Waals surface area contributed by atoms with Crippen LogP contribution in [0.2, 0.25) is 0 Å². The van der Waals surface area contributed by atoms with Gasteiger partial charge in [-0.25, -0.2) is 0 Å². The van der Waals surface area contributed by atoms with Gasteiger partial charge >= 0.3 is 5.97 Å². The monoisotopic (exact) mass is 201 g/mol. The zero-order valence-electron chi connectivity index (χ0n) is 8.65. The first kappa shape index (κ1) is 11.0. The van der Waals surface area contributed by atoms with E-state index in [-0.39, 0.29) is 5.97 Å². The Labute approximate surface area is 83.0 Å². The number of carbonyl (C=O) groups excluding carboxylic acids is 1. The second kappa shape index (κ2) is 4.41. The third-order valence-electron chi connectivity index (χ3n) is 2.11. The molecule has 5 heteroatoms. The van der Waals surface area contributed by atoms with Gasteiger partial charge in [-0.1, -0.05) is 5.16 Å². The van der Waals surface area contributed by atoms with Crippen LogP contribution >= 0.6 is 0 Å². The summed E-state index contributed by atoms with van der Waals surface area (Å²) in [7, 11) is 1.35. The highest BCUT2D eigenvalue weighted by atomic mass is 16.8. The smallest absolute Gasteiger partial charge is 0.317 e. The van der Waals surface area contributed by atoms with Crippen molar-refractivity contribution >= 4 is 12.2 Å². The van der Waals surface area contributed by atoms with Crippen LogP contribution in [0.3, 0.4) is 0 Å². The summed E-state index contributed by atoms with van der Waals surface area (Å²) in [6.07, 6.45) is 1.42. The summed E-state index contributed by atoms with van der Waals surface area (Å²) in [5.74, 6) is -0.325. The number of rotatable bonds is 3. The second-order valence-corrected chi connectivity index (χ2v) is 3.34. The van der Waals surface area contributed by atoms with Gasteiger partial charge < -0.3 is 14.3 Å². The van der Waals surface area contributed by atoms with Crippen molar-refractivity contribution < 1.29 is 19.1 Å². The van der Waals surface area contributed by atoms with Crippen molar-refractivity contribution in [2.45, 2.75) is 26.6 Å². The van der Waals surface area contributed by atoms with Gasteiger partial charge in [0.25, 0.3) is 0 Å². The molecule has 0 aromatic rings. The second-order valence-electron chi connectivity index (χ2n) is 3.34. The summed E-state index contributed by atoms with van der Waals surface area (Å²) in [5, 5.41) is 3.65. The molecule has 0 aromatic carbocycles. The van der Waals surface area contributed by atoms with E-state index in [0.29, 0.717) is 13.0 Å². The molecule has 1 aliphatic heterocycles. The van der Waals surface area contributed by atoms with Crippen LogP contribution in [0.5, 0.6) is 0 Å². The molecule has 1 rings (SSSR count). The zero-order chi connectivity index (χ0) is 10.6. The molecule has 0 saturated carbocycles. The van der Waals surface area contributed by atoms with Crippen molar-refractivity contribution in [1.29, 1.82) is 0 Å². The molecule has 1 aliphatic rings. The van der Waals surface area contributed by atoms with E-state index in [0.717, 1.165) is 0 Å². The van der Waals surface area contributed by atoms with Gasteiger partial charge in [-0.3, -0.25) is 4.79 Å². The lowest BCUT2D eigenvalue weighted by Gasteiger charge is -2.29. The SMILES string of the molecule is CCO[C@H]1C[C@@](C)(C(=O)OC)C=NO1. The molecule has 0 saturated heterocycles. The Morgan fingerprint density at radius 1 is 1.79 bits per heavy atom. The molecule has 0 aliphatic carbocycles. The number of esters is 1. The lowest BCUT2D eigenvalue weighted by atomic mass is 9.87. The van der Waals surface area contributed by atoms with E-state index in [1.807, 2.05) is 6.92 Å². The first-order valence-electron chi connectivity index (χ1n) is 4.52. The van der Waals surface area contributed by atoms with Gasteiger partial charge in [-0.15, -0.1) is 0 Å². The molecule has 0 unspecified atom stereocenters. The Balaban J connectivity index is 2.67. The maximum absolute atomic E-state index is 11.4. The largest absolute Gasteiger partial charge is 0.468 e. The third kappa shape index (κ3) is 2.23. The third-order valence-corrected chi connectivity index (χ3v) is 2.11. The van der Waals surface area contributed by atoms with Gasteiger partial charge in [0.2, 0.25) is 6.29 Å². The lowest BCUT2D eigenvalue weighted by molar-refractivity contribution is -0.175. The normalized spacial score (nSPS) is 30.9. The Morgan fingerprint density at radius 3 is 3.07 bits per heavy atom. The summed E-state index contributed by atoms with van der Waals surface area (Å²) in [4.78, 5) is 16.4. The number of methoxy groups -OCH3 is 1. The van der Waals surface area contributed by atoms with Crippen LogP contribution in [0.1, 0.15) is 20.3 Å². The van der Waals surface area contributed by atoms with E-state index < -0.39 is 11.7 Å². The Bertz CT molecular complexity index is 241. The van der Waals surface area contributed by atoms with Crippen LogP contribution in [0.25, 0.3) is 0 Å². The summed E-state index contributed by atoms with van der Waals surface area (Å²) < 4.78 is 9.91. The highest BCUT2D eigenvalue weighted by Gasteiger charge is 2.39. The molecular formula is C9H15NO4. The van der Waals surface area contributed by atoms with Crippen molar-refractivity contribution in [3.63, 3.8) is 0 Å². The number of ether oxygens (including phenoxy) is 2. The van der Waals surface area contributed by atoms with Crippen molar-refractivity contribution in [3.8, 4) is 0 Å². The van der Waals surface area contributed by atoms with Crippen molar-refractivity contribution in [1.82, 2.24) is 0 Å². The topological polar surface area (TPSA) is 57.1 Å². The van der Waals surface area contributed by atoms with E-state index in [4.69, 9.17) is 9.57 Å². The molecule has 80 valence electrons. The van der Waals surface area contributed by atoms with Crippen LogP contribution < -0.4 is 0 Å². The van der Waals surface area contributed by atoms with Crippen LogP contribution in [-0.2, 0) is 19.1 Å². The predicted molar refractivity (Wildman–Crippen MR) is 49.7 cm³/mol. The minimum absolute atomic E-state index is 0.325. The molecule has 0 spiro atoms. The first-order valence-corrected chi connectivity index (χ1v) is 4.52. The van der Waals surface area contributed by atoms with E-state index >= 15 is 0 Å². The number of hydrogen-bond donors (Lipinski definition) is 0. The summed E-state index contributed by atoms with van der Waals surface area (Å²) in [5.41, 5.74) is -0.743. The van der Waals surface area contributed by atoms with Gasteiger partial charge in [-0.2, -0.15) is 0 Å². The standard InChI is InChI=1S/C9H15NO4/c1-4-13-7-5-9(2,6-10-14-7)8(11)12-3/h6-7H,4-5H2,1-3H3/t7-,9-/m1/s1. The molecule has 0 bridgehead atoms. The fraction of sp³-hybridized carbons (Fsp3) is 0.778. The molecule has 0 aromatic heterocycles.